The number of imidazole rings is 1. The van der Waals surface area contributed by atoms with E-state index in [2.05, 4.69) is 15.3 Å². The lowest BCUT2D eigenvalue weighted by Gasteiger charge is -2.14. The van der Waals surface area contributed by atoms with E-state index in [1.54, 1.807) is 12.4 Å². The molecule has 0 saturated carbocycles. The van der Waals surface area contributed by atoms with E-state index in [4.69, 9.17) is 4.74 Å². The number of benzene rings is 1. The highest BCUT2D eigenvalue weighted by Crippen LogP contribution is 2.11. The number of carbonyl (C=O) groups is 1. The molecule has 1 amide bonds. The summed E-state index contributed by atoms with van der Waals surface area (Å²) in [6.45, 7) is 1.99. The van der Waals surface area contributed by atoms with Crippen molar-refractivity contribution in [3.05, 3.63) is 48.5 Å². The molecule has 1 aromatic heterocycles. The smallest absolute Gasteiger partial charge is 0.258 e. The van der Waals surface area contributed by atoms with Crippen molar-refractivity contribution in [2.24, 2.45) is 0 Å². The SMILES string of the molecule is CCC(NC(=O)COc1ccccc1)c1ncc[nH]1. The molecule has 0 radical (unpaired) electrons. The molecule has 0 saturated heterocycles. The van der Waals surface area contributed by atoms with Gasteiger partial charge in [-0.2, -0.15) is 0 Å². The van der Waals surface area contributed by atoms with Crippen LogP contribution in [0.4, 0.5) is 0 Å². The average molecular weight is 259 g/mol. The van der Waals surface area contributed by atoms with Gasteiger partial charge in [0.2, 0.25) is 0 Å². The second kappa shape index (κ2) is 6.58. The van der Waals surface area contributed by atoms with Crippen LogP contribution in [-0.2, 0) is 4.79 Å². The highest BCUT2D eigenvalue weighted by atomic mass is 16.5. The van der Waals surface area contributed by atoms with Crippen LogP contribution >= 0.6 is 0 Å². The number of carbonyl (C=O) groups excluding carboxylic acids is 1. The summed E-state index contributed by atoms with van der Waals surface area (Å²) in [5.74, 6) is 1.28. The summed E-state index contributed by atoms with van der Waals surface area (Å²) >= 11 is 0. The monoisotopic (exact) mass is 259 g/mol. The predicted octanol–water partition coefficient (Wildman–Crippen LogP) is 2.06. The van der Waals surface area contributed by atoms with Crippen molar-refractivity contribution < 1.29 is 9.53 Å². The topological polar surface area (TPSA) is 67.0 Å². The lowest BCUT2D eigenvalue weighted by Crippen LogP contribution is -2.32. The molecular weight excluding hydrogens is 242 g/mol. The van der Waals surface area contributed by atoms with Crippen LogP contribution in [0, 0.1) is 0 Å². The van der Waals surface area contributed by atoms with Gasteiger partial charge >= 0.3 is 0 Å². The van der Waals surface area contributed by atoms with Gasteiger partial charge in [-0.3, -0.25) is 4.79 Å². The third-order valence-corrected chi connectivity index (χ3v) is 2.71. The van der Waals surface area contributed by atoms with Crippen molar-refractivity contribution in [1.29, 1.82) is 0 Å². The summed E-state index contributed by atoms with van der Waals surface area (Å²) in [7, 11) is 0. The number of amides is 1. The standard InChI is InChI=1S/C14H17N3O2/c1-2-12(14-15-8-9-16-14)17-13(18)10-19-11-6-4-3-5-7-11/h3-9,12H,2,10H2,1H3,(H,15,16)(H,17,18). The number of H-pyrrole nitrogens is 1. The summed E-state index contributed by atoms with van der Waals surface area (Å²) in [6, 6.07) is 9.16. The number of rotatable bonds is 6. The Morgan fingerprint density at radius 3 is 2.84 bits per heavy atom. The molecule has 1 atom stereocenters. The molecule has 100 valence electrons. The largest absolute Gasteiger partial charge is 0.484 e. The van der Waals surface area contributed by atoms with Crippen LogP contribution in [0.15, 0.2) is 42.7 Å². The third kappa shape index (κ3) is 3.84. The highest BCUT2D eigenvalue weighted by molar-refractivity contribution is 5.77. The Bertz CT molecular complexity index is 497. The third-order valence-electron chi connectivity index (χ3n) is 2.71. The van der Waals surface area contributed by atoms with Gasteiger partial charge in [-0.15, -0.1) is 0 Å². The molecule has 1 unspecified atom stereocenters. The van der Waals surface area contributed by atoms with Gasteiger partial charge in [0.1, 0.15) is 11.6 Å². The fraction of sp³-hybridized carbons (Fsp3) is 0.286. The van der Waals surface area contributed by atoms with E-state index < -0.39 is 0 Å². The van der Waals surface area contributed by atoms with Gasteiger partial charge in [0.05, 0.1) is 6.04 Å². The molecule has 5 nitrogen and oxygen atoms in total. The van der Waals surface area contributed by atoms with Gasteiger partial charge in [0.25, 0.3) is 5.91 Å². The van der Waals surface area contributed by atoms with Crippen LogP contribution in [0.2, 0.25) is 0 Å². The zero-order valence-electron chi connectivity index (χ0n) is 10.8. The molecule has 2 aromatic rings. The second-order valence-corrected chi connectivity index (χ2v) is 4.10. The predicted molar refractivity (Wildman–Crippen MR) is 71.7 cm³/mol. The van der Waals surface area contributed by atoms with Gasteiger partial charge < -0.3 is 15.0 Å². The fourth-order valence-corrected chi connectivity index (χ4v) is 1.73. The van der Waals surface area contributed by atoms with Gasteiger partial charge in [0.15, 0.2) is 6.61 Å². The molecule has 0 bridgehead atoms. The summed E-state index contributed by atoms with van der Waals surface area (Å²) < 4.78 is 5.39. The van der Waals surface area contributed by atoms with Crippen LogP contribution in [0.25, 0.3) is 0 Å². The van der Waals surface area contributed by atoms with E-state index in [1.807, 2.05) is 37.3 Å². The number of para-hydroxylation sites is 1. The number of aromatic amines is 1. The first-order valence-electron chi connectivity index (χ1n) is 6.26. The molecule has 0 aliphatic heterocycles. The summed E-state index contributed by atoms with van der Waals surface area (Å²) in [6.07, 6.45) is 4.18. The van der Waals surface area contributed by atoms with Crippen molar-refractivity contribution in [1.82, 2.24) is 15.3 Å². The average Bonchev–Trinajstić information content (AvgIpc) is 2.97. The van der Waals surface area contributed by atoms with Crippen LogP contribution in [0.1, 0.15) is 25.2 Å². The highest BCUT2D eigenvalue weighted by Gasteiger charge is 2.14. The van der Waals surface area contributed by atoms with Crippen molar-refractivity contribution in [3.63, 3.8) is 0 Å². The molecule has 0 fully saturated rings. The lowest BCUT2D eigenvalue weighted by molar-refractivity contribution is -0.123. The van der Waals surface area contributed by atoms with E-state index in [-0.39, 0.29) is 18.6 Å². The summed E-state index contributed by atoms with van der Waals surface area (Å²) in [5, 5.41) is 2.88. The van der Waals surface area contributed by atoms with Crippen molar-refractivity contribution in [3.8, 4) is 5.75 Å². The molecule has 2 rings (SSSR count). The first-order chi connectivity index (χ1) is 9.29. The zero-order chi connectivity index (χ0) is 13.5. The van der Waals surface area contributed by atoms with Crippen LogP contribution in [0.3, 0.4) is 0 Å². The maximum atomic E-state index is 11.8. The Hall–Kier alpha value is -2.30. The van der Waals surface area contributed by atoms with E-state index in [1.165, 1.54) is 0 Å². The first-order valence-corrected chi connectivity index (χ1v) is 6.26. The molecule has 2 N–H and O–H groups in total. The summed E-state index contributed by atoms with van der Waals surface area (Å²) in [5.41, 5.74) is 0. The maximum absolute atomic E-state index is 11.8. The number of nitrogens with one attached hydrogen (secondary N) is 2. The van der Waals surface area contributed by atoms with E-state index in [0.717, 1.165) is 12.2 Å². The van der Waals surface area contributed by atoms with Crippen LogP contribution in [-0.4, -0.2) is 22.5 Å². The molecule has 1 aromatic carbocycles. The first kappa shape index (κ1) is 13.1. The van der Waals surface area contributed by atoms with Gasteiger partial charge in [-0.25, -0.2) is 4.98 Å². The van der Waals surface area contributed by atoms with Crippen LogP contribution < -0.4 is 10.1 Å². The van der Waals surface area contributed by atoms with E-state index >= 15 is 0 Å². The molecule has 5 heteroatoms. The van der Waals surface area contributed by atoms with Gasteiger partial charge in [-0.05, 0) is 18.6 Å². The minimum Gasteiger partial charge on any atom is -0.484 e. The van der Waals surface area contributed by atoms with E-state index in [0.29, 0.717) is 5.75 Å². The minimum atomic E-state index is -0.160. The number of aromatic nitrogens is 2. The molecule has 0 aliphatic rings. The number of hydrogen-bond acceptors (Lipinski definition) is 3. The van der Waals surface area contributed by atoms with Crippen molar-refractivity contribution in [2.75, 3.05) is 6.61 Å². The van der Waals surface area contributed by atoms with Gasteiger partial charge in [-0.1, -0.05) is 25.1 Å². The summed E-state index contributed by atoms with van der Waals surface area (Å²) in [4.78, 5) is 19.0. The van der Waals surface area contributed by atoms with Gasteiger partial charge in [0, 0.05) is 12.4 Å². The quantitative estimate of drug-likeness (QED) is 0.834. The molecule has 19 heavy (non-hydrogen) atoms. The Balaban J connectivity index is 1.84. The van der Waals surface area contributed by atoms with Crippen LogP contribution in [0.5, 0.6) is 5.75 Å². The molecule has 0 aliphatic carbocycles. The number of ether oxygens (including phenoxy) is 1. The maximum Gasteiger partial charge on any atom is 0.258 e. The number of nitrogens with zero attached hydrogens (tertiary/aromatic N) is 1. The Labute approximate surface area is 112 Å². The number of hydrogen-bond donors (Lipinski definition) is 2. The minimum absolute atomic E-state index is 0.00121. The fourth-order valence-electron chi connectivity index (χ4n) is 1.73. The zero-order valence-corrected chi connectivity index (χ0v) is 10.8. The molecular formula is C14H17N3O2. The molecule has 1 heterocycles. The Kier molecular flexibility index (Phi) is 4.55. The van der Waals surface area contributed by atoms with Crippen molar-refractivity contribution >= 4 is 5.91 Å². The Morgan fingerprint density at radius 2 is 2.21 bits per heavy atom. The lowest BCUT2D eigenvalue weighted by atomic mass is 10.2. The van der Waals surface area contributed by atoms with Crippen molar-refractivity contribution in [2.45, 2.75) is 19.4 Å². The normalized spacial score (nSPS) is 11.8. The molecule has 0 spiro atoms. The Morgan fingerprint density at radius 1 is 1.42 bits per heavy atom. The van der Waals surface area contributed by atoms with E-state index in [9.17, 15) is 4.79 Å². The second-order valence-electron chi connectivity index (χ2n) is 4.10.